The van der Waals surface area contributed by atoms with Gasteiger partial charge in [0.2, 0.25) is 11.8 Å². The lowest BCUT2D eigenvalue weighted by Gasteiger charge is -2.18. The number of nitrogen functional groups attached to an aromatic ring is 1. The molecule has 194 valence electrons. The lowest BCUT2D eigenvalue weighted by molar-refractivity contribution is -0.129. The maximum Gasteiger partial charge on any atom is 0.242 e. The Labute approximate surface area is 222 Å². The Bertz CT molecular complexity index is 1230. The second-order valence-electron chi connectivity index (χ2n) is 8.95. The van der Waals surface area contributed by atoms with Gasteiger partial charge >= 0.3 is 0 Å². The topological polar surface area (TPSA) is 109 Å². The van der Waals surface area contributed by atoms with Crippen LogP contribution in [0.25, 0.3) is 10.8 Å². The van der Waals surface area contributed by atoms with Gasteiger partial charge in [-0.15, -0.1) is 24.8 Å². The number of aromatic nitrogens is 1. The van der Waals surface area contributed by atoms with Crippen LogP contribution in [0.1, 0.15) is 30.2 Å². The van der Waals surface area contributed by atoms with Crippen LogP contribution in [0.3, 0.4) is 0 Å². The van der Waals surface area contributed by atoms with Gasteiger partial charge in [-0.05, 0) is 67.8 Å². The Hall–Kier alpha value is -2.94. The Morgan fingerprint density at radius 2 is 1.81 bits per heavy atom. The van der Waals surface area contributed by atoms with Gasteiger partial charge in [-0.2, -0.15) is 0 Å². The minimum absolute atomic E-state index is 0. The molecule has 0 saturated carbocycles. The molecule has 2 heterocycles. The molecular weight excluding hydrogens is 504 g/mol. The van der Waals surface area contributed by atoms with Gasteiger partial charge in [0.05, 0.1) is 6.04 Å². The van der Waals surface area contributed by atoms with E-state index in [1.807, 2.05) is 37.3 Å². The molecule has 7 nitrogen and oxygen atoms in total. The normalized spacial score (nSPS) is 17.5. The summed E-state index contributed by atoms with van der Waals surface area (Å²) in [5, 5.41) is 10.4. The molecule has 1 saturated heterocycles. The van der Waals surface area contributed by atoms with E-state index in [1.165, 1.54) is 6.07 Å². The lowest BCUT2D eigenvalue weighted by Crippen LogP contribution is -2.50. The summed E-state index contributed by atoms with van der Waals surface area (Å²) >= 11 is 0. The molecule has 2 amide bonds. The average molecular weight is 536 g/mol. The van der Waals surface area contributed by atoms with Gasteiger partial charge in [0, 0.05) is 17.6 Å². The van der Waals surface area contributed by atoms with Crippen molar-refractivity contribution >= 4 is 53.2 Å². The molecule has 0 aliphatic carbocycles. The lowest BCUT2D eigenvalue weighted by atomic mass is 9.93. The summed E-state index contributed by atoms with van der Waals surface area (Å²) < 4.78 is 14.1. The summed E-state index contributed by atoms with van der Waals surface area (Å²) in [7, 11) is 0. The van der Waals surface area contributed by atoms with Gasteiger partial charge in [-0.3, -0.25) is 9.59 Å². The molecule has 1 aromatic heterocycles. The fourth-order valence-corrected chi connectivity index (χ4v) is 4.49. The van der Waals surface area contributed by atoms with Crippen LogP contribution in [0.15, 0.2) is 48.5 Å². The summed E-state index contributed by atoms with van der Waals surface area (Å²) in [5.41, 5.74) is 8.36. The second-order valence-corrected chi connectivity index (χ2v) is 8.95. The van der Waals surface area contributed by atoms with Crippen molar-refractivity contribution in [1.29, 1.82) is 0 Å². The first-order valence-electron chi connectivity index (χ1n) is 11.5. The smallest absolute Gasteiger partial charge is 0.242 e. The SMILES string of the molecule is Cc1nc(N)ccc1CNC(=O)[C@H](C)NC(=O)[C@H]1C[C@H](Cc2ccc(F)c3ccccc23)CN1.Cl.Cl. The van der Waals surface area contributed by atoms with Crippen molar-refractivity contribution in [3.63, 3.8) is 0 Å². The van der Waals surface area contributed by atoms with Gasteiger partial charge in [0.1, 0.15) is 17.7 Å². The largest absolute Gasteiger partial charge is 0.384 e. The van der Waals surface area contributed by atoms with Gasteiger partial charge in [-0.25, -0.2) is 9.37 Å². The van der Waals surface area contributed by atoms with Crippen LogP contribution >= 0.6 is 24.8 Å². The zero-order chi connectivity index (χ0) is 24.2. The summed E-state index contributed by atoms with van der Waals surface area (Å²) in [6.45, 7) is 4.50. The number of carbonyl (C=O) groups is 2. The highest BCUT2D eigenvalue weighted by Crippen LogP contribution is 2.27. The molecular formula is C26H32Cl2FN5O2. The third-order valence-electron chi connectivity index (χ3n) is 6.43. The number of hydrogen-bond acceptors (Lipinski definition) is 5. The second kappa shape index (κ2) is 12.9. The Balaban J connectivity index is 0.00000228. The average Bonchev–Trinajstić information content (AvgIpc) is 3.29. The van der Waals surface area contributed by atoms with Crippen LogP contribution in [0.2, 0.25) is 0 Å². The van der Waals surface area contributed by atoms with Crippen molar-refractivity contribution < 1.29 is 14.0 Å². The molecule has 5 N–H and O–H groups in total. The van der Waals surface area contributed by atoms with E-state index in [9.17, 15) is 14.0 Å². The van der Waals surface area contributed by atoms with Crippen molar-refractivity contribution in [2.75, 3.05) is 12.3 Å². The van der Waals surface area contributed by atoms with Crippen LogP contribution in [-0.4, -0.2) is 35.4 Å². The number of aryl methyl sites for hydroxylation is 1. The Morgan fingerprint density at radius 3 is 2.53 bits per heavy atom. The minimum Gasteiger partial charge on any atom is -0.384 e. The number of benzene rings is 2. The summed E-state index contributed by atoms with van der Waals surface area (Å²) in [6.07, 6.45) is 1.41. The van der Waals surface area contributed by atoms with Crippen LogP contribution in [-0.2, 0) is 22.6 Å². The molecule has 3 aromatic rings. The standard InChI is InChI=1S/C26H30FN5O2.2ClH/c1-15-19(8-10-24(28)31-15)14-30-25(33)16(2)32-26(34)23-12-17(13-29-23)11-18-7-9-22(27)21-6-4-3-5-20(18)21;;/h3-10,16-17,23,29H,11-14H2,1-2H3,(H2,28,31)(H,30,33)(H,32,34);2*1H/t16-,17-,23+;;/m0../s1. The summed E-state index contributed by atoms with van der Waals surface area (Å²) in [6, 6.07) is 13.3. The zero-order valence-corrected chi connectivity index (χ0v) is 21.8. The van der Waals surface area contributed by atoms with E-state index in [4.69, 9.17) is 5.73 Å². The first kappa shape index (κ1) is 29.3. The molecule has 1 fully saturated rings. The number of hydrogen-bond donors (Lipinski definition) is 4. The molecule has 0 radical (unpaired) electrons. The summed E-state index contributed by atoms with van der Waals surface area (Å²) in [4.78, 5) is 29.4. The van der Waals surface area contributed by atoms with Gasteiger partial charge in [0.15, 0.2) is 0 Å². The van der Waals surface area contributed by atoms with E-state index in [1.54, 1.807) is 19.1 Å². The van der Waals surface area contributed by atoms with Crippen molar-refractivity contribution in [3.05, 3.63) is 71.2 Å². The molecule has 10 heteroatoms. The van der Waals surface area contributed by atoms with Crippen molar-refractivity contribution in [3.8, 4) is 0 Å². The Morgan fingerprint density at radius 1 is 1.11 bits per heavy atom. The van der Waals surface area contributed by atoms with Crippen LogP contribution in [0, 0.1) is 18.7 Å². The molecule has 3 atom stereocenters. The predicted molar refractivity (Wildman–Crippen MR) is 145 cm³/mol. The highest BCUT2D eigenvalue weighted by molar-refractivity contribution is 5.90. The molecule has 0 unspecified atom stereocenters. The number of anilines is 1. The molecule has 1 aliphatic heterocycles. The minimum atomic E-state index is -0.670. The van der Waals surface area contributed by atoms with Crippen LogP contribution in [0.4, 0.5) is 10.2 Å². The quantitative estimate of drug-likeness (QED) is 0.370. The van der Waals surface area contributed by atoms with E-state index in [2.05, 4.69) is 20.9 Å². The monoisotopic (exact) mass is 535 g/mol. The predicted octanol–water partition coefficient (Wildman–Crippen LogP) is 3.45. The number of rotatable bonds is 7. The molecule has 2 aromatic carbocycles. The highest BCUT2D eigenvalue weighted by Gasteiger charge is 2.31. The number of nitrogens with one attached hydrogen (secondary N) is 3. The van der Waals surface area contributed by atoms with E-state index in [0.29, 0.717) is 30.7 Å². The third-order valence-corrected chi connectivity index (χ3v) is 6.43. The molecule has 36 heavy (non-hydrogen) atoms. The first-order chi connectivity index (χ1) is 16.3. The molecule has 0 spiro atoms. The van der Waals surface area contributed by atoms with E-state index < -0.39 is 6.04 Å². The first-order valence-corrected chi connectivity index (χ1v) is 11.5. The number of fused-ring (bicyclic) bond motifs is 1. The summed E-state index contributed by atoms with van der Waals surface area (Å²) in [5.74, 6) is -0.00878. The van der Waals surface area contributed by atoms with E-state index >= 15 is 0 Å². The van der Waals surface area contributed by atoms with Crippen molar-refractivity contribution in [1.82, 2.24) is 20.9 Å². The Kier molecular flexibility index (Phi) is 10.5. The number of pyridine rings is 1. The fraction of sp³-hybridized carbons (Fsp3) is 0.346. The maximum absolute atomic E-state index is 14.1. The van der Waals surface area contributed by atoms with Crippen molar-refractivity contribution in [2.45, 2.75) is 45.3 Å². The number of halogens is 3. The highest BCUT2D eigenvalue weighted by atomic mass is 35.5. The van der Waals surface area contributed by atoms with Crippen LogP contribution < -0.4 is 21.7 Å². The van der Waals surface area contributed by atoms with Crippen LogP contribution in [0.5, 0.6) is 0 Å². The van der Waals surface area contributed by atoms with Crippen molar-refractivity contribution in [2.24, 2.45) is 5.92 Å². The van der Waals surface area contributed by atoms with Gasteiger partial charge in [-0.1, -0.05) is 36.4 Å². The fourth-order valence-electron chi connectivity index (χ4n) is 4.49. The number of amides is 2. The van der Waals surface area contributed by atoms with E-state index in [0.717, 1.165) is 28.6 Å². The molecule has 0 bridgehead atoms. The molecule has 4 rings (SSSR count). The zero-order valence-electron chi connectivity index (χ0n) is 20.2. The number of nitrogens with zero attached hydrogens (tertiary/aromatic N) is 1. The van der Waals surface area contributed by atoms with E-state index in [-0.39, 0.29) is 54.4 Å². The van der Waals surface area contributed by atoms with Gasteiger partial charge < -0.3 is 21.7 Å². The van der Waals surface area contributed by atoms with Gasteiger partial charge in [0.25, 0.3) is 0 Å². The number of carbonyl (C=O) groups excluding carboxylic acids is 2. The maximum atomic E-state index is 14.1. The number of nitrogens with two attached hydrogens (primary N) is 1. The third kappa shape index (κ3) is 6.84. The molecule has 1 aliphatic rings.